The van der Waals surface area contributed by atoms with Crippen LogP contribution in [0.5, 0.6) is 0 Å². The van der Waals surface area contributed by atoms with E-state index in [0.29, 0.717) is 11.5 Å². The summed E-state index contributed by atoms with van der Waals surface area (Å²) in [6, 6.07) is 11.2. The highest BCUT2D eigenvalue weighted by Gasteiger charge is 2.14. The molecule has 3 aromatic rings. The van der Waals surface area contributed by atoms with E-state index in [1.807, 2.05) is 30.3 Å². The second-order valence-corrected chi connectivity index (χ2v) is 5.32. The van der Waals surface area contributed by atoms with Crippen LogP contribution in [0.4, 0.5) is 5.82 Å². The Hall–Kier alpha value is -2.94. The summed E-state index contributed by atoms with van der Waals surface area (Å²) >= 11 is 3.38. The van der Waals surface area contributed by atoms with Gasteiger partial charge in [0, 0.05) is 10.0 Å². The summed E-state index contributed by atoms with van der Waals surface area (Å²) in [5.74, 6) is 0.442. The van der Waals surface area contributed by atoms with Crippen LogP contribution in [0.2, 0.25) is 0 Å². The summed E-state index contributed by atoms with van der Waals surface area (Å²) in [7, 11) is 0. The molecule has 0 saturated heterocycles. The van der Waals surface area contributed by atoms with Crippen LogP contribution in [0, 0.1) is 0 Å². The number of aromatic nitrogens is 2. The molecule has 8 nitrogen and oxygen atoms in total. The van der Waals surface area contributed by atoms with E-state index in [1.54, 1.807) is 6.07 Å². The Balaban J connectivity index is 1.66. The van der Waals surface area contributed by atoms with Crippen molar-refractivity contribution in [2.75, 3.05) is 5.73 Å². The average Bonchev–Trinajstić information content (AvgIpc) is 3.17. The highest BCUT2D eigenvalue weighted by molar-refractivity contribution is 9.10. The van der Waals surface area contributed by atoms with Crippen molar-refractivity contribution in [2.45, 2.75) is 0 Å². The van der Waals surface area contributed by atoms with Crippen molar-refractivity contribution < 1.29 is 13.8 Å². The smallest absolute Gasteiger partial charge is 0.297 e. The second kappa shape index (κ2) is 6.44. The molecule has 0 unspecified atom stereocenters. The molecular formula is C14H10BrN5O3. The lowest BCUT2D eigenvalue weighted by Gasteiger charge is -1.96. The summed E-state index contributed by atoms with van der Waals surface area (Å²) in [6.07, 6.45) is 1.37. The molecule has 3 rings (SSSR count). The van der Waals surface area contributed by atoms with Crippen LogP contribution < -0.4 is 11.2 Å². The van der Waals surface area contributed by atoms with Gasteiger partial charge in [0.15, 0.2) is 0 Å². The lowest BCUT2D eigenvalue weighted by molar-refractivity contribution is 0.0946. The quantitative estimate of drug-likeness (QED) is 0.533. The number of hydrogen-bond acceptors (Lipinski definition) is 7. The average molecular weight is 376 g/mol. The third-order valence-corrected chi connectivity index (χ3v) is 3.37. The Labute approximate surface area is 138 Å². The molecule has 3 N–H and O–H groups in total. The third-order valence-electron chi connectivity index (χ3n) is 2.84. The van der Waals surface area contributed by atoms with Crippen molar-refractivity contribution in [1.29, 1.82) is 0 Å². The normalized spacial score (nSPS) is 11.0. The van der Waals surface area contributed by atoms with E-state index in [1.165, 1.54) is 6.21 Å². The van der Waals surface area contributed by atoms with Crippen molar-refractivity contribution in [1.82, 2.24) is 15.7 Å². The number of carbonyl (C=O) groups excluding carboxylic acids is 1. The largest absolute Gasteiger partial charge is 0.455 e. The minimum Gasteiger partial charge on any atom is -0.455 e. The Morgan fingerprint density at radius 3 is 2.70 bits per heavy atom. The summed E-state index contributed by atoms with van der Waals surface area (Å²) in [6.45, 7) is 0. The van der Waals surface area contributed by atoms with E-state index in [4.69, 9.17) is 10.2 Å². The molecule has 1 amide bonds. The maximum atomic E-state index is 11.7. The molecule has 1 aromatic carbocycles. The molecular weight excluding hydrogens is 366 g/mol. The van der Waals surface area contributed by atoms with Crippen LogP contribution in [0.25, 0.3) is 11.3 Å². The van der Waals surface area contributed by atoms with Gasteiger partial charge in [-0.05, 0) is 34.6 Å². The predicted octanol–water partition coefficient (Wildman–Crippen LogP) is 2.44. The molecule has 0 saturated carbocycles. The number of anilines is 1. The number of furan rings is 1. The zero-order valence-electron chi connectivity index (χ0n) is 11.6. The van der Waals surface area contributed by atoms with Gasteiger partial charge in [0.05, 0.1) is 6.21 Å². The number of nitrogens with two attached hydrogens (primary N) is 1. The number of halogens is 1. The first kappa shape index (κ1) is 15.0. The van der Waals surface area contributed by atoms with Gasteiger partial charge in [-0.1, -0.05) is 28.1 Å². The van der Waals surface area contributed by atoms with Crippen LogP contribution in [-0.4, -0.2) is 22.4 Å². The van der Waals surface area contributed by atoms with Gasteiger partial charge < -0.3 is 10.2 Å². The number of nitrogen functional groups attached to an aromatic ring is 1. The van der Waals surface area contributed by atoms with Gasteiger partial charge in [-0.25, -0.2) is 10.1 Å². The predicted molar refractivity (Wildman–Crippen MR) is 85.6 cm³/mol. The maximum absolute atomic E-state index is 11.7. The van der Waals surface area contributed by atoms with Crippen molar-refractivity contribution in [3.63, 3.8) is 0 Å². The van der Waals surface area contributed by atoms with Gasteiger partial charge in [0.1, 0.15) is 11.5 Å². The summed E-state index contributed by atoms with van der Waals surface area (Å²) in [5.41, 5.74) is 8.45. The maximum Gasteiger partial charge on any atom is 0.297 e. The number of hydrogen-bond donors (Lipinski definition) is 2. The van der Waals surface area contributed by atoms with Crippen molar-refractivity contribution in [2.24, 2.45) is 5.10 Å². The number of amides is 1. The lowest BCUT2D eigenvalue weighted by Crippen LogP contribution is -2.19. The summed E-state index contributed by atoms with van der Waals surface area (Å²) in [5, 5.41) is 10.4. The molecule has 9 heteroatoms. The number of carbonyl (C=O) groups is 1. The Bertz CT molecular complexity index is 853. The lowest BCUT2D eigenvalue weighted by atomic mass is 10.2. The number of nitrogens with one attached hydrogen (secondary N) is 1. The number of hydrazone groups is 1. The van der Waals surface area contributed by atoms with Gasteiger partial charge in [-0.3, -0.25) is 4.79 Å². The Kier molecular flexibility index (Phi) is 4.20. The molecule has 0 fully saturated rings. The molecule has 0 atom stereocenters. The first-order chi connectivity index (χ1) is 11.1. The van der Waals surface area contributed by atoms with Crippen molar-refractivity contribution >= 4 is 33.9 Å². The first-order valence-electron chi connectivity index (χ1n) is 6.40. The van der Waals surface area contributed by atoms with Crippen LogP contribution in [0.1, 0.15) is 16.2 Å². The van der Waals surface area contributed by atoms with E-state index in [9.17, 15) is 4.79 Å². The van der Waals surface area contributed by atoms with Crippen LogP contribution in [0.3, 0.4) is 0 Å². The molecule has 2 aromatic heterocycles. The standard InChI is InChI=1S/C14H10BrN5O3/c15-9-3-1-8(2-4-9)11-6-5-10(22-11)7-17-18-14(21)12-13(16)20-23-19-12/h1-7H,(H2,16,20)(H,18,21)/b17-7+. The molecule has 2 heterocycles. The van der Waals surface area contributed by atoms with Crippen LogP contribution in [0.15, 0.2) is 55.0 Å². The van der Waals surface area contributed by atoms with Gasteiger partial charge in [-0.2, -0.15) is 5.10 Å². The van der Waals surface area contributed by atoms with Gasteiger partial charge >= 0.3 is 0 Å². The third kappa shape index (κ3) is 3.46. The van der Waals surface area contributed by atoms with Gasteiger partial charge in [0.25, 0.3) is 5.91 Å². The fraction of sp³-hybridized carbons (Fsp3) is 0. The molecule has 0 aliphatic carbocycles. The first-order valence-corrected chi connectivity index (χ1v) is 7.20. The number of nitrogens with zero attached hydrogens (tertiary/aromatic N) is 3. The molecule has 0 bridgehead atoms. The Morgan fingerprint density at radius 1 is 1.22 bits per heavy atom. The van der Waals surface area contributed by atoms with E-state index in [0.717, 1.165) is 10.0 Å². The highest BCUT2D eigenvalue weighted by atomic mass is 79.9. The van der Waals surface area contributed by atoms with E-state index in [-0.39, 0.29) is 11.5 Å². The molecule has 23 heavy (non-hydrogen) atoms. The van der Waals surface area contributed by atoms with E-state index < -0.39 is 5.91 Å². The second-order valence-electron chi connectivity index (χ2n) is 4.41. The fourth-order valence-electron chi connectivity index (χ4n) is 1.75. The van der Waals surface area contributed by atoms with Crippen molar-refractivity contribution in [3.05, 3.63) is 52.3 Å². The van der Waals surface area contributed by atoms with Crippen molar-refractivity contribution in [3.8, 4) is 11.3 Å². The minimum absolute atomic E-state index is 0.103. The van der Waals surface area contributed by atoms with Crippen LogP contribution in [-0.2, 0) is 0 Å². The van der Waals surface area contributed by atoms with E-state index in [2.05, 4.69) is 41.4 Å². The fourth-order valence-corrected chi connectivity index (χ4v) is 2.02. The summed E-state index contributed by atoms with van der Waals surface area (Å²) in [4.78, 5) is 11.7. The SMILES string of the molecule is Nc1nonc1C(=O)N/N=C/c1ccc(-c2ccc(Br)cc2)o1. The topological polar surface area (TPSA) is 120 Å². The highest BCUT2D eigenvalue weighted by Crippen LogP contribution is 2.23. The molecule has 0 spiro atoms. The molecule has 116 valence electrons. The molecule has 0 aliphatic heterocycles. The zero-order valence-corrected chi connectivity index (χ0v) is 13.1. The zero-order chi connectivity index (χ0) is 16.2. The van der Waals surface area contributed by atoms with Crippen LogP contribution >= 0.6 is 15.9 Å². The van der Waals surface area contributed by atoms with E-state index >= 15 is 0 Å². The summed E-state index contributed by atoms with van der Waals surface area (Å²) < 4.78 is 10.9. The molecule has 0 radical (unpaired) electrons. The van der Waals surface area contributed by atoms with Gasteiger partial charge in [0.2, 0.25) is 11.5 Å². The minimum atomic E-state index is -0.625. The Morgan fingerprint density at radius 2 is 2.00 bits per heavy atom. The number of rotatable bonds is 4. The van der Waals surface area contributed by atoms with Gasteiger partial charge in [-0.15, -0.1) is 0 Å². The molecule has 0 aliphatic rings. The number of benzene rings is 1. The monoisotopic (exact) mass is 375 g/mol.